The third kappa shape index (κ3) is 2.22. The molecular formula is C12H10N2O4. The quantitative estimate of drug-likeness (QED) is 0.821. The number of rotatable bonds is 4. The van der Waals surface area contributed by atoms with E-state index in [2.05, 4.69) is 15.2 Å². The number of amides is 1. The number of carbonyl (C=O) groups excluding carboxylic acids is 2. The van der Waals surface area contributed by atoms with E-state index < -0.39 is 0 Å². The third-order valence-corrected chi connectivity index (χ3v) is 2.32. The molecule has 0 unspecified atom stereocenters. The van der Waals surface area contributed by atoms with Gasteiger partial charge in [0, 0.05) is 12.6 Å². The standard InChI is InChI=1S/C12H10N2O4/c1-13-12(16)9-5-3-2-4-8(9)10-6-11(14-18-10)17-7-15/h2-7H,1H3,(H,13,16). The third-order valence-electron chi connectivity index (χ3n) is 2.32. The zero-order valence-corrected chi connectivity index (χ0v) is 9.54. The number of aromatic nitrogens is 1. The van der Waals surface area contributed by atoms with Gasteiger partial charge < -0.3 is 14.6 Å². The number of nitrogens with zero attached hydrogens (tertiary/aromatic N) is 1. The summed E-state index contributed by atoms with van der Waals surface area (Å²) in [7, 11) is 1.54. The molecule has 0 bridgehead atoms. The highest BCUT2D eigenvalue weighted by atomic mass is 16.6. The van der Waals surface area contributed by atoms with Crippen LogP contribution in [0.2, 0.25) is 0 Å². The van der Waals surface area contributed by atoms with Crippen LogP contribution in [0.3, 0.4) is 0 Å². The van der Waals surface area contributed by atoms with Crippen LogP contribution in [0, 0.1) is 0 Å². The molecule has 6 heteroatoms. The second-order valence-corrected chi connectivity index (χ2v) is 3.37. The van der Waals surface area contributed by atoms with Crippen LogP contribution >= 0.6 is 0 Å². The Hall–Kier alpha value is -2.63. The number of hydrogen-bond donors (Lipinski definition) is 1. The highest BCUT2D eigenvalue weighted by molar-refractivity contribution is 6.00. The van der Waals surface area contributed by atoms with E-state index in [-0.39, 0.29) is 18.3 Å². The van der Waals surface area contributed by atoms with E-state index in [1.165, 1.54) is 6.07 Å². The molecule has 0 aliphatic carbocycles. The van der Waals surface area contributed by atoms with Crippen molar-refractivity contribution in [1.29, 1.82) is 0 Å². The summed E-state index contributed by atoms with van der Waals surface area (Å²) >= 11 is 0. The molecule has 1 heterocycles. The normalized spacial score (nSPS) is 9.83. The number of benzene rings is 1. The summed E-state index contributed by atoms with van der Waals surface area (Å²) in [6.07, 6.45) is 0. The molecule has 0 saturated heterocycles. The van der Waals surface area contributed by atoms with Crippen LogP contribution in [0.1, 0.15) is 10.4 Å². The van der Waals surface area contributed by atoms with Crippen molar-refractivity contribution in [3.63, 3.8) is 0 Å². The Morgan fingerprint density at radius 1 is 1.44 bits per heavy atom. The number of carbonyl (C=O) groups is 2. The molecule has 0 atom stereocenters. The predicted octanol–water partition coefficient (Wildman–Crippen LogP) is 1.24. The van der Waals surface area contributed by atoms with E-state index in [1.807, 2.05) is 0 Å². The summed E-state index contributed by atoms with van der Waals surface area (Å²) in [5.41, 5.74) is 1.03. The molecule has 0 aliphatic heterocycles. The van der Waals surface area contributed by atoms with Crippen LogP contribution in [0.5, 0.6) is 5.88 Å². The summed E-state index contributed by atoms with van der Waals surface area (Å²) in [5, 5.41) is 6.08. The smallest absolute Gasteiger partial charge is 0.299 e. The summed E-state index contributed by atoms with van der Waals surface area (Å²) in [6.45, 7) is 0.256. The van der Waals surface area contributed by atoms with E-state index in [1.54, 1.807) is 31.3 Å². The van der Waals surface area contributed by atoms with Crippen LogP contribution in [0.4, 0.5) is 0 Å². The highest BCUT2D eigenvalue weighted by Gasteiger charge is 2.15. The largest absolute Gasteiger partial charge is 0.406 e. The minimum absolute atomic E-state index is 0.0479. The van der Waals surface area contributed by atoms with Gasteiger partial charge in [0.25, 0.3) is 18.3 Å². The van der Waals surface area contributed by atoms with Crippen molar-refractivity contribution in [2.24, 2.45) is 0 Å². The lowest BCUT2D eigenvalue weighted by atomic mass is 10.0. The van der Waals surface area contributed by atoms with Gasteiger partial charge in [-0.05, 0) is 11.2 Å². The van der Waals surface area contributed by atoms with Crippen LogP contribution in [0.15, 0.2) is 34.9 Å². The fourth-order valence-electron chi connectivity index (χ4n) is 1.52. The summed E-state index contributed by atoms with van der Waals surface area (Å²) in [5.74, 6) is 0.164. The maximum atomic E-state index is 11.7. The van der Waals surface area contributed by atoms with Gasteiger partial charge in [0.15, 0.2) is 5.76 Å². The Morgan fingerprint density at radius 3 is 2.94 bits per heavy atom. The first-order valence-corrected chi connectivity index (χ1v) is 5.14. The molecule has 0 spiro atoms. The van der Waals surface area contributed by atoms with Crippen molar-refractivity contribution in [2.45, 2.75) is 0 Å². The van der Waals surface area contributed by atoms with Crippen LogP contribution in [0.25, 0.3) is 11.3 Å². The minimum atomic E-state index is -0.236. The number of ether oxygens (including phenoxy) is 1. The molecule has 1 aromatic carbocycles. The first-order valence-electron chi connectivity index (χ1n) is 5.14. The predicted molar refractivity (Wildman–Crippen MR) is 62.0 cm³/mol. The monoisotopic (exact) mass is 246 g/mol. The lowest BCUT2D eigenvalue weighted by molar-refractivity contribution is -0.121. The van der Waals surface area contributed by atoms with Gasteiger partial charge in [-0.15, -0.1) is 0 Å². The lowest BCUT2D eigenvalue weighted by Gasteiger charge is -2.04. The van der Waals surface area contributed by atoms with Gasteiger partial charge in [-0.3, -0.25) is 9.59 Å². The Kier molecular flexibility index (Phi) is 3.38. The van der Waals surface area contributed by atoms with Crippen molar-refractivity contribution < 1.29 is 18.8 Å². The van der Waals surface area contributed by atoms with E-state index in [0.717, 1.165) is 0 Å². The lowest BCUT2D eigenvalue weighted by Crippen LogP contribution is -2.18. The molecule has 2 rings (SSSR count). The molecule has 0 saturated carbocycles. The molecule has 2 aromatic rings. The Morgan fingerprint density at radius 2 is 2.22 bits per heavy atom. The minimum Gasteiger partial charge on any atom is -0.406 e. The Labute approximate surface area is 103 Å². The van der Waals surface area contributed by atoms with Crippen molar-refractivity contribution in [3.05, 3.63) is 35.9 Å². The molecule has 6 nitrogen and oxygen atoms in total. The van der Waals surface area contributed by atoms with Gasteiger partial charge in [0.1, 0.15) is 0 Å². The zero-order valence-electron chi connectivity index (χ0n) is 9.54. The van der Waals surface area contributed by atoms with E-state index in [9.17, 15) is 9.59 Å². The Balaban J connectivity index is 2.43. The van der Waals surface area contributed by atoms with Gasteiger partial charge in [0.2, 0.25) is 0 Å². The van der Waals surface area contributed by atoms with Crippen LogP contribution in [-0.4, -0.2) is 24.6 Å². The first kappa shape index (κ1) is 11.8. The fourth-order valence-corrected chi connectivity index (χ4v) is 1.52. The fraction of sp³-hybridized carbons (Fsp3) is 0.0833. The van der Waals surface area contributed by atoms with Gasteiger partial charge in [-0.2, -0.15) is 0 Å². The Bertz CT molecular complexity index is 577. The van der Waals surface area contributed by atoms with Crippen LogP contribution < -0.4 is 10.1 Å². The maximum absolute atomic E-state index is 11.7. The van der Waals surface area contributed by atoms with Gasteiger partial charge in [-0.25, -0.2) is 0 Å². The molecular weight excluding hydrogens is 236 g/mol. The molecule has 1 N–H and O–H groups in total. The average molecular weight is 246 g/mol. The highest BCUT2D eigenvalue weighted by Crippen LogP contribution is 2.26. The van der Waals surface area contributed by atoms with Gasteiger partial charge in [0.05, 0.1) is 11.6 Å². The van der Waals surface area contributed by atoms with Crippen molar-refractivity contribution >= 4 is 12.4 Å². The number of nitrogens with one attached hydrogen (secondary N) is 1. The molecule has 1 aromatic heterocycles. The van der Waals surface area contributed by atoms with Gasteiger partial charge in [-0.1, -0.05) is 18.2 Å². The number of hydrogen-bond acceptors (Lipinski definition) is 5. The van der Waals surface area contributed by atoms with Gasteiger partial charge >= 0.3 is 0 Å². The van der Waals surface area contributed by atoms with E-state index in [0.29, 0.717) is 16.9 Å². The zero-order chi connectivity index (χ0) is 13.0. The molecule has 1 amide bonds. The molecule has 0 radical (unpaired) electrons. The summed E-state index contributed by atoms with van der Waals surface area (Å²) < 4.78 is 9.57. The first-order chi connectivity index (χ1) is 8.76. The van der Waals surface area contributed by atoms with E-state index >= 15 is 0 Å². The van der Waals surface area contributed by atoms with Crippen molar-refractivity contribution in [2.75, 3.05) is 7.05 Å². The van der Waals surface area contributed by atoms with E-state index in [4.69, 9.17) is 4.52 Å². The molecule has 18 heavy (non-hydrogen) atoms. The second kappa shape index (κ2) is 5.13. The molecule has 92 valence electrons. The topological polar surface area (TPSA) is 81.4 Å². The van der Waals surface area contributed by atoms with Crippen molar-refractivity contribution in [1.82, 2.24) is 10.5 Å². The molecule has 0 fully saturated rings. The average Bonchev–Trinajstić information content (AvgIpc) is 2.87. The maximum Gasteiger partial charge on any atom is 0.299 e. The summed E-state index contributed by atoms with van der Waals surface area (Å²) in [6, 6.07) is 8.33. The molecule has 0 aliphatic rings. The second-order valence-electron chi connectivity index (χ2n) is 3.37. The SMILES string of the molecule is CNC(=O)c1ccccc1-c1cc(OC=O)no1. The van der Waals surface area contributed by atoms with Crippen LogP contribution in [-0.2, 0) is 4.79 Å². The van der Waals surface area contributed by atoms with Crippen molar-refractivity contribution in [3.8, 4) is 17.2 Å². The summed E-state index contributed by atoms with van der Waals surface area (Å²) in [4.78, 5) is 21.9.